The van der Waals surface area contributed by atoms with Gasteiger partial charge in [0.1, 0.15) is 17.7 Å². The molecule has 2 rings (SSSR count). The fraction of sp³-hybridized carbons (Fsp3) is 0.250. The van der Waals surface area contributed by atoms with Crippen LogP contribution in [0.25, 0.3) is 0 Å². The summed E-state index contributed by atoms with van der Waals surface area (Å²) in [6, 6.07) is 11.2. The lowest BCUT2D eigenvalue weighted by atomic mass is 10.2. The predicted octanol–water partition coefficient (Wildman–Crippen LogP) is 2.63. The van der Waals surface area contributed by atoms with E-state index < -0.39 is 28.3 Å². The highest BCUT2D eigenvalue weighted by molar-refractivity contribution is 7.86. The van der Waals surface area contributed by atoms with Crippen LogP contribution in [0.15, 0.2) is 53.4 Å². The number of aryl methyl sites for hydroxylation is 1. The van der Waals surface area contributed by atoms with E-state index in [0.29, 0.717) is 0 Å². The largest absolute Gasteiger partial charge is 0.461 e. The van der Waals surface area contributed by atoms with Crippen molar-refractivity contribution in [3.05, 3.63) is 59.9 Å². The van der Waals surface area contributed by atoms with Crippen molar-refractivity contribution in [2.75, 3.05) is 0 Å². The lowest BCUT2D eigenvalue weighted by molar-refractivity contribution is -0.0742. The van der Waals surface area contributed by atoms with Crippen molar-refractivity contribution >= 4 is 10.1 Å². The number of benzene rings is 2. The zero-order valence-corrected chi connectivity index (χ0v) is 13.5. The van der Waals surface area contributed by atoms with Gasteiger partial charge in [-0.15, -0.1) is 0 Å². The summed E-state index contributed by atoms with van der Waals surface area (Å²) < 4.78 is 47.8. The molecule has 23 heavy (non-hydrogen) atoms. The van der Waals surface area contributed by atoms with Crippen LogP contribution < -0.4 is 4.74 Å². The number of ether oxygens (including phenoxy) is 1. The first kappa shape index (κ1) is 17.4. The van der Waals surface area contributed by atoms with Crippen molar-refractivity contribution in [2.45, 2.75) is 31.1 Å². The summed E-state index contributed by atoms with van der Waals surface area (Å²) >= 11 is 0. The van der Waals surface area contributed by atoms with E-state index in [4.69, 9.17) is 8.92 Å². The van der Waals surface area contributed by atoms with E-state index in [9.17, 15) is 17.9 Å². The molecule has 0 amide bonds. The van der Waals surface area contributed by atoms with Crippen molar-refractivity contribution < 1.29 is 26.8 Å². The van der Waals surface area contributed by atoms with E-state index >= 15 is 0 Å². The molecule has 7 heteroatoms. The molecule has 0 saturated heterocycles. The van der Waals surface area contributed by atoms with Crippen molar-refractivity contribution in [3.8, 4) is 5.75 Å². The zero-order chi connectivity index (χ0) is 17.0. The van der Waals surface area contributed by atoms with Gasteiger partial charge in [-0.25, -0.2) is 8.57 Å². The minimum atomic E-state index is -4.13. The Hall–Kier alpha value is -1.96. The van der Waals surface area contributed by atoms with E-state index in [1.165, 1.54) is 37.3 Å². The van der Waals surface area contributed by atoms with E-state index in [-0.39, 0.29) is 10.6 Å². The Morgan fingerprint density at radius 2 is 1.78 bits per heavy atom. The molecular formula is C16H17FO5S. The average Bonchev–Trinajstić information content (AvgIpc) is 2.46. The molecular weight excluding hydrogens is 323 g/mol. The lowest BCUT2D eigenvalue weighted by Gasteiger charge is -2.21. The summed E-state index contributed by atoms with van der Waals surface area (Å²) in [5, 5.41) is 9.69. The van der Waals surface area contributed by atoms with Crippen molar-refractivity contribution in [1.82, 2.24) is 0 Å². The van der Waals surface area contributed by atoms with Crippen molar-refractivity contribution in [3.63, 3.8) is 0 Å². The minimum absolute atomic E-state index is 0.0509. The molecule has 0 aromatic heterocycles. The second-order valence-electron chi connectivity index (χ2n) is 5.05. The molecule has 0 fully saturated rings. The van der Waals surface area contributed by atoms with Gasteiger partial charge in [0.05, 0.1) is 4.90 Å². The van der Waals surface area contributed by atoms with Gasteiger partial charge in [0.25, 0.3) is 10.1 Å². The normalized spacial score (nSPS) is 14.3. The van der Waals surface area contributed by atoms with Crippen LogP contribution in [0.4, 0.5) is 4.39 Å². The number of rotatable bonds is 6. The first-order valence-corrected chi connectivity index (χ1v) is 8.29. The summed E-state index contributed by atoms with van der Waals surface area (Å²) in [5.74, 6) is -0.497. The van der Waals surface area contributed by atoms with E-state index in [1.54, 1.807) is 12.1 Å². The lowest BCUT2D eigenvalue weighted by Crippen LogP contribution is -2.34. The van der Waals surface area contributed by atoms with Crippen LogP contribution in [0, 0.1) is 12.7 Å². The second kappa shape index (κ2) is 7.08. The molecule has 1 N–H and O–H groups in total. The molecule has 0 radical (unpaired) electrons. The van der Waals surface area contributed by atoms with E-state index in [1.807, 2.05) is 6.92 Å². The van der Waals surface area contributed by atoms with Crippen LogP contribution in [0.2, 0.25) is 0 Å². The SMILES string of the molecule is Cc1ccc(S(=O)(=O)O[C@H](Oc2cccc(F)c2)[C@H](C)O)cc1. The molecule has 0 heterocycles. The standard InChI is InChI=1S/C16H17FO5S/c1-11-6-8-15(9-7-11)23(19,20)22-16(12(2)18)21-14-5-3-4-13(17)10-14/h3-10,12,16,18H,1-2H3/t12-,16-/m0/s1. The van der Waals surface area contributed by atoms with Crippen LogP contribution in [0.5, 0.6) is 5.75 Å². The fourth-order valence-corrected chi connectivity index (χ4v) is 2.79. The maximum absolute atomic E-state index is 13.2. The van der Waals surface area contributed by atoms with E-state index in [0.717, 1.165) is 11.6 Å². The Morgan fingerprint density at radius 3 is 2.35 bits per heavy atom. The van der Waals surface area contributed by atoms with Crippen molar-refractivity contribution in [1.29, 1.82) is 0 Å². The second-order valence-corrected chi connectivity index (χ2v) is 6.62. The summed E-state index contributed by atoms with van der Waals surface area (Å²) in [4.78, 5) is -0.0587. The molecule has 0 bridgehead atoms. The smallest absolute Gasteiger partial charge is 0.300 e. The number of hydrogen-bond acceptors (Lipinski definition) is 5. The highest BCUT2D eigenvalue weighted by Crippen LogP contribution is 2.20. The Labute approximate surface area is 134 Å². The Kier molecular flexibility index (Phi) is 5.35. The maximum Gasteiger partial charge on any atom is 0.300 e. The third-order valence-corrected chi connectivity index (χ3v) is 4.27. The quantitative estimate of drug-likeness (QED) is 0.646. The van der Waals surface area contributed by atoms with Gasteiger partial charge in [-0.3, -0.25) is 0 Å². The Balaban J connectivity index is 2.20. The Morgan fingerprint density at radius 1 is 1.13 bits per heavy atom. The number of aliphatic hydroxyl groups excluding tert-OH is 1. The summed E-state index contributed by atoms with van der Waals surface area (Å²) in [6.07, 6.45) is -2.75. The van der Waals surface area contributed by atoms with Gasteiger partial charge in [0, 0.05) is 6.07 Å². The van der Waals surface area contributed by atoms with Gasteiger partial charge in [0.15, 0.2) is 0 Å². The van der Waals surface area contributed by atoms with Gasteiger partial charge in [-0.05, 0) is 38.1 Å². The van der Waals surface area contributed by atoms with Crippen molar-refractivity contribution in [2.24, 2.45) is 0 Å². The van der Waals surface area contributed by atoms with Crippen LogP contribution in [0.3, 0.4) is 0 Å². The first-order chi connectivity index (χ1) is 10.8. The van der Waals surface area contributed by atoms with Crippen LogP contribution in [-0.4, -0.2) is 25.9 Å². The molecule has 0 aliphatic carbocycles. The molecule has 2 aromatic rings. The third kappa shape index (κ3) is 4.75. The monoisotopic (exact) mass is 340 g/mol. The number of hydrogen-bond donors (Lipinski definition) is 1. The van der Waals surface area contributed by atoms with Gasteiger partial charge in [-0.1, -0.05) is 23.8 Å². The van der Waals surface area contributed by atoms with Crippen LogP contribution in [-0.2, 0) is 14.3 Å². The molecule has 2 atom stereocenters. The maximum atomic E-state index is 13.2. The van der Waals surface area contributed by atoms with Gasteiger partial charge in [-0.2, -0.15) is 8.42 Å². The van der Waals surface area contributed by atoms with Gasteiger partial charge in [0.2, 0.25) is 6.29 Å². The fourth-order valence-electron chi connectivity index (χ4n) is 1.76. The molecule has 0 aliphatic heterocycles. The number of aliphatic hydroxyl groups is 1. The number of halogens is 1. The van der Waals surface area contributed by atoms with Crippen LogP contribution in [0.1, 0.15) is 12.5 Å². The summed E-state index contributed by atoms with van der Waals surface area (Å²) in [7, 11) is -4.13. The topological polar surface area (TPSA) is 72.8 Å². The van der Waals surface area contributed by atoms with Crippen LogP contribution >= 0.6 is 0 Å². The van der Waals surface area contributed by atoms with Gasteiger partial charge < -0.3 is 9.84 Å². The summed E-state index contributed by atoms with van der Waals surface area (Å²) in [6.45, 7) is 3.14. The highest BCUT2D eigenvalue weighted by Gasteiger charge is 2.27. The first-order valence-electron chi connectivity index (χ1n) is 6.88. The highest BCUT2D eigenvalue weighted by atomic mass is 32.2. The minimum Gasteiger partial charge on any atom is -0.461 e. The molecule has 0 saturated carbocycles. The average molecular weight is 340 g/mol. The molecule has 0 aliphatic rings. The molecule has 5 nitrogen and oxygen atoms in total. The molecule has 0 unspecified atom stereocenters. The predicted molar refractivity (Wildman–Crippen MR) is 81.9 cm³/mol. The Bertz CT molecular complexity index is 756. The third-order valence-electron chi connectivity index (χ3n) is 2.97. The summed E-state index contributed by atoms with van der Waals surface area (Å²) in [5.41, 5.74) is 0.895. The molecule has 2 aromatic carbocycles. The molecule has 0 spiro atoms. The molecule has 124 valence electrons. The van der Waals surface area contributed by atoms with E-state index in [2.05, 4.69) is 0 Å². The van der Waals surface area contributed by atoms with Gasteiger partial charge >= 0.3 is 0 Å². The zero-order valence-electron chi connectivity index (χ0n) is 12.6.